The number of alkyl halides is 3. The van der Waals surface area contributed by atoms with Gasteiger partial charge in [-0.2, -0.15) is 13.2 Å². The molecule has 1 N–H and O–H groups in total. The Morgan fingerprint density at radius 2 is 2.12 bits per heavy atom. The van der Waals surface area contributed by atoms with E-state index in [1.54, 1.807) is 6.07 Å². The molecule has 1 amide bonds. The summed E-state index contributed by atoms with van der Waals surface area (Å²) in [6.07, 6.45) is -0.0499. The van der Waals surface area contributed by atoms with Gasteiger partial charge >= 0.3 is 6.18 Å². The van der Waals surface area contributed by atoms with Gasteiger partial charge in [-0.3, -0.25) is 4.79 Å². The Hall–Kier alpha value is -1.56. The second kappa shape index (κ2) is 9.40. The second-order valence-corrected chi connectivity index (χ2v) is 7.52. The first-order valence-electron chi connectivity index (χ1n) is 9.42. The number of aryl methyl sites for hydroxylation is 1. The number of benzene rings is 1. The largest absolute Gasteiger partial charge is 0.416 e. The molecule has 1 atom stereocenters. The van der Waals surface area contributed by atoms with Gasteiger partial charge in [-0.25, -0.2) is 0 Å². The van der Waals surface area contributed by atoms with Crippen LogP contribution in [-0.2, 0) is 17.4 Å². The molecule has 0 unspecified atom stereocenters. The quantitative estimate of drug-likeness (QED) is 0.778. The molecule has 0 bridgehead atoms. The summed E-state index contributed by atoms with van der Waals surface area (Å²) < 4.78 is 38.4. The molecule has 1 aliphatic heterocycles. The number of carbonyl (C=O) groups excluding carboxylic acids is 1. The Bertz CT molecular complexity index is 587. The van der Waals surface area contributed by atoms with Crippen molar-refractivity contribution in [1.82, 2.24) is 10.2 Å². The number of likely N-dealkylation sites (tertiary alicyclic amines) is 1. The number of halogens is 3. The van der Waals surface area contributed by atoms with E-state index in [-0.39, 0.29) is 11.9 Å². The molecule has 0 radical (unpaired) electrons. The lowest BCUT2D eigenvalue weighted by Crippen LogP contribution is -2.39. The lowest BCUT2D eigenvalue weighted by Gasteiger charge is -2.32. The van der Waals surface area contributed by atoms with Gasteiger partial charge in [-0.15, -0.1) is 0 Å². The number of amides is 1. The molecule has 1 aromatic carbocycles. The molecule has 146 valence electrons. The third kappa shape index (κ3) is 6.98. The zero-order valence-electron chi connectivity index (χ0n) is 15.6. The van der Waals surface area contributed by atoms with Crippen LogP contribution < -0.4 is 5.32 Å². The second-order valence-electron chi connectivity index (χ2n) is 7.52. The number of piperidine rings is 1. The molecular weight excluding hydrogens is 341 g/mol. The summed E-state index contributed by atoms with van der Waals surface area (Å²) >= 11 is 0. The van der Waals surface area contributed by atoms with E-state index in [9.17, 15) is 18.0 Å². The van der Waals surface area contributed by atoms with Crippen LogP contribution in [0.5, 0.6) is 0 Å². The summed E-state index contributed by atoms with van der Waals surface area (Å²) in [6.45, 7) is 6.56. The third-order valence-electron chi connectivity index (χ3n) is 4.80. The van der Waals surface area contributed by atoms with Crippen LogP contribution >= 0.6 is 0 Å². The molecule has 0 aliphatic carbocycles. The highest BCUT2D eigenvalue weighted by molar-refractivity contribution is 5.76. The van der Waals surface area contributed by atoms with E-state index >= 15 is 0 Å². The maximum Gasteiger partial charge on any atom is 0.416 e. The van der Waals surface area contributed by atoms with Crippen molar-refractivity contribution in [1.29, 1.82) is 0 Å². The molecule has 6 heteroatoms. The van der Waals surface area contributed by atoms with Crippen molar-refractivity contribution >= 4 is 5.91 Å². The molecule has 3 nitrogen and oxygen atoms in total. The summed E-state index contributed by atoms with van der Waals surface area (Å²) in [4.78, 5) is 14.1. The SMILES string of the molecule is CC(C)NC(=O)CCN1CCC[C@H](CCc2cccc(C(F)(F)F)c2)C1. The highest BCUT2D eigenvalue weighted by Gasteiger charge is 2.30. The summed E-state index contributed by atoms with van der Waals surface area (Å²) in [5.74, 6) is 0.553. The van der Waals surface area contributed by atoms with Crippen LogP contribution in [0.4, 0.5) is 13.2 Å². The number of carbonyl (C=O) groups is 1. The Balaban J connectivity index is 1.79. The highest BCUT2D eigenvalue weighted by Crippen LogP contribution is 2.30. The molecule has 26 heavy (non-hydrogen) atoms. The minimum Gasteiger partial charge on any atom is -0.354 e. The molecule has 1 fully saturated rings. The van der Waals surface area contributed by atoms with Crippen LogP contribution in [0.25, 0.3) is 0 Å². The maximum absolute atomic E-state index is 12.8. The van der Waals surface area contributed by atoms with Gasteiger partial charge < -0.3 is 10.2 Å². The fourth-order valence-corrected chi connectivity index (χ4v) is 3.52. The van der Waals surface area contributed by atoms with Crippen molar-refractivity contribution in [2.24, 2.45) is 5.92 Å². The standard InChI is InChI=1S/C20H29F3N2O/c1-15(2)24-19(26)10-12-25-11-4-6-17(14-25)9-8-16-5-3-7-18(13-16)20(21,22)23/h3,5,7,13,15,17H,4,6,8-12,14H2,1-2H3,(H,24,26)/t17-/m1/s1. The van der Waals surface area contributed by atoms with Crippen molar-refractivity contribution < 1.29 is 18.0 Å². The monoisotopic (exact) mass is 370 g/mol. The summed E-state index contributed by atoms with van der Waals surface area (Å²) in [5.41, 5.74) is 0.171. The predicted molar refractivity (Wildman–Crippen MR) is 96.8 cm³/mol. The normalized spacial score (nSPS) is 18.9. The Morgan fingerprint density at radius 1 is 1.35 bits per heavy atom. The lowest BCUT2D eigenvalue weighted by atomic mass is 9.91. The number of nitrogens with zero attached hydrogens (tertiary/aromatic N) is 1. The molecule has 0 aromatic heterocycles. The first-order valence-corrected chi connectivity index (χ1v) is 9.42. The molecule has 1 heterocycles. The average molecular weight is 370 g/mol. The van der Waals surface area contributed by atoms with Crippen LogP contribution in [0.3, 0.4) is 0 Å². The van der Waals surface area contributed by atoms with E-state index in [4.69, 9.17) is 0 Å². The summed E-state index contributed by atoms with van der Waals surface area (Å²) in [7, 11) is 0. The molecule has 0 spiro atoms. The zero-order valence-corrected chi connectivity index (χ0v) is 15.6. The first-order chi connectivity index (χ1) is 12.2. The van der Waals surface area contributed by atoms with Gasteiger partial charge in [0.2, 0.25) is 5.91 Å². The minimum atomic E-state index is -4.28. The predicted octanol–water partition coefficient (Wildman–Crippen LogP) is 4.26. The molecule has 1 aliphatic rings. The fourth-order valence-electron chi connectivity index (χ4n) is 3.52. The van der Waals surface area contributed by atoms with E-state index in [0.29, 0.717) is 18.8 Å². The maximum atomic E-state index is 12.8. The summed E-state index contributed by atoms with van der Waals surface area (Å²) in [5, 5.41) is 2.90. The van der Waals surface area contributed by atoms with Gasteiger partial charge in [0.1, 0.15) is 0 Å². The van der Waals surface area contributed by atoms with Gasteiger partial charge in [-0.05, 0) is 63.6 Å². The van der Waals surface area contributed by atoms with Crippen molar-refractivity contribution in [3.8, 4) is 0 Å². The van der Waals surface area contributed by atoms with Gasteiger partial charge in [0.15, 0.2) is 0 Å². The minimum absolute atomic E-state index is 0.0751. The Kier molecular flexibility index (Phi) is 7.50. The lowest BCUT2D eigenvalue weighted by molar-refractivity contribution is -0.137. The average Bonchev–Trinajstić information content (AvgIpc) is 2.57. The van der Waals surface area contributed by atoms with Gasteiger partial charge in [0.05, 0.1) is 5.56 Å². The van der Waals surface area contributed by atoms with Crippen LogP contribution in [0.15, 0.2) is 24.3 Å². The summed E-state index contributed by atoms with van der Waals surface area (Å²) in [6, 6.07) is 5.79. The van der Waals surface area contributed by atoms with E-state index < -0.39 is 11.7 Å². The van der Waals surface area contributed by atoms with Gasteiger partial charge in [0.25, 0.3) is 0 Å². The molecule has 2 rings (SSSR count). The van der Waals surface area contributed by atoms with Gasteiger partial charge in [0, 0.05) is 25.6 Å². The van der Waals surface area contributed by atoms with Crippen LogP contribution in [0.2, 0.25) is 0 Å². The van der Waals surface area contributed by atoms with Crippen molar-refractivity contribution in [2.45, 2.75) is 58.2 Å². The van der Waals surface area contributed by atoms with Crippen molar-refractivity contribution in [3.63, 3.8) is 0 Å². The topological polar surface area (TPSA) is 32.3 Å². The molecule has 1 saturated heterocycles. The van der Waals surface area contributed by atoms with E-state index in [1.165, 1.54) is 12.1 Å². The number of hydrogen-bond donors (Lipinski definition) is 1. The van der Waals surface area contributed by atoms with Crippen LogP contribution in [0, 0.1) is 5.92 Å². The Morgan fingerprint density at radius 3 is 2.81 bits per heavy atom. The van der Waals surface area contributed by atoms with E-state index in [1.807, 2.05) is 13.8 Å². The number of hydrogen-bond acceptors (Lipinski definition) is 2. The fraction of sp³-hybridized carbons (Fsp3) is 0.650. The molecule has 1 aromatic rings. The smallest absolute Gasteiger partial charge is 0.354 e. The molecular formula is C20H29F3N2O. The van der Waals surface area contributed by atoms with E-state index in [2.05, 4.69) is 10.2 Å². The van der Waals surface area contributed by atoms with Gasteiger partial charge in [-0.1, -0.05) is 18.2 Å². The third-order valence-corrected chi connectivity index (χ3v) is 4.80. The van der Waals surface area contributed by atoms with Crippen LogP contribution in [0.1, 0.15) is 50.7 Å². The van der Waals surface area contributed by atoms with E-state index in [0.717, 1.165) is 50.5 Å². The zero-order chi connectivity index (χ0) is 19.2. The van der Waals surface area contributed by atoms with Crippen LogP contribution in [-0.4, -0.2) is 36.5 Å². The number of rotatable bonds is 7. The molecule has 0 saturated carbocycles. The Labute approximate surface area is 154 Å². The number of nitrogens with one attached hydrogen (secondary N) is 1. The highest BCUT2D eigenvalue weighted by atomic mass is 19.4. The van der Waals surface area contributed by atoms with Crippen molar-refractivity contribution in [2.75, 3.05) is 19.6 Å². The first kappa shape index (κ1) is 20.7. The van der Waals surface area contributed by atoms with Crippen molar-refractivity contribution in [3.05, 3.63) is 35.4 Å².